The van der Waals surface area contributed by atoms with Crippen LogP contribution in [0.1, 0.15) is 53.5 Å². The molecule has 1 aromatic heterocycles. The van der Waals surface area contributed by atoms with Gasteiger partial charge in [-0.3, -0.25) is 4.98 Å². The van der Waals surface area contributed by atoms with E-state index in [1.54, 1.807) is 25.3 Å². The van der Waals surface area contributed by atoms with Crippen molar-refractivity contribution in [3.8, 4) is 5.75 Å². The Morgan fingerprint density at radius 2 is 1.97 bits per heavy atom. The highest BCUT2D eigenvalue weighted by atomic mass is 79.9. The summed E-state index contributed by atoms with van der Waals surface area (Å²) < 4.78 is 25.3. The Hall–Kier alpha value is -2.77. The second kappa shape index (κ2) is 10.4. The second-order valence-corrected chi connectivity index (χ2v) is 8.78. The third kappa shape index (κ3) is 5.42. The predicted molar refractivity (Wildman–Crippen MR) is 129 cm³/mol. The SMILES string of the molecule is CCOC(=O)c1cncc(C2=C(c3cc(Cl)ccc3OCc3ccc(F)cc3Br)CCC2)n1. The van der Waals surface area contributed by atoms with Crippen molar-refractivity contribution < 1.29 is 18.7 Å². The number of hydrogen-bond acceptors (Lipinski definition) is 5. The molecule has 0 fully saturated rings. The van der Waals surface area contributed by atoms with Gasteiger partial charge in [0.2, 0.25) is 0 Å². The molecule has 8 heteroatoms. The van der Waals surface area contributed by atoms with Crippen molar-refractivity contribution in [1.82, 2.24) is 9.97 Å². The summed E-state index contributed by atoms with van der Waals surface area (Å²) in [7, 11) is 0. The summed E-state index contributed by atoms with van der Waals surface area (Å²) in [4.78, 5) is 20.8. The molecule has 2 aromatic carbocycles. The van der Waals surface area contributed by atoms with E-state index in [1.165, 1.54) is 18.3 Å². The Balaban J connectivity index is 1.69. The van der Waals surface area contributed by atoms with E-state index in [2.05, 4.69) is 25.9 Å². The van der Waals surface area contributed by atoms with Crippen LogP contribution in [0.4, 0.5) is 4.39 Å². The number of allylic oxidation sites excluding steroid dienone is 2. The molecule has 4 rings (SSSR count). The van der Waals surface area contributed by atoms with Gasteiger partial charge in [-0.05, 0) is 67.7 Å². The highest BCUT2D eigenvalue weighted by molar-refractivity contribution is 9.10. The van der Waals surface area contributed by atoms with Crippen LogP contribution in [-0.4, -0.2) is 22.5 Å². The van der Waals surface area contributed by atoms with Gasteiger partial charge in [0.1, 0.15) is 18.2 Å². The number of carbonyl (C=O) groups is 1. The number of aromatic nitrogens is 2. The first-order chi connectivity index (χ1) is 16.0. The summed E-state index contributed by atoms with van der Waals surface area (Å²) in [5, 5.41) is 0.588. The summed E-state index contributed by atoms with van der Waals surface area (Å²) in [6, 6.07) is 9.98. The monoisotopic (exact) mass is 530 g/mol. The minimum absolute atomic E-state index is 0.178. The van der Waals surface area contributed by atoms with Crippen LogP contribution in [0.3, 0.4) is 0 Å². The first kappa shape index (κ1) is 23.4. The van der Waals surface area contributed by atoms with Crippen molar-refractivity contribution in [3.05, 3.63) is 86.6 Å². The first-order valence-electron chi connectivity index (χ1n) is 10.5. The van der Waals surface area contributed by atoms with Crippen LogP contribution < -0.4 is 4.74 Å². The average Bonchev–Trinajstić information content (AvgIpc) is 3.29. The standard InChI is InChI=1S/C25H21BrClFN2O3/c1-2-32-25(31)23-13-29-12-22(30-23)19-5-3-4-18(19)20-10-16(27)7-9-24(20)33-14-15-6-8-17(28)11-21(15)26/h6-13H,2-5,14H2,1H3. The van der Waals surface area contributed by atoms with Gasteiger partial charge in [-0.2, -0.15) is 0 Å². The number of ether oxygens (including phenoxy) is 2. The zero-order valence-electron chi connectivity index (χ0n) is 17.9. The van der Waals surface area contributed by atoms with E-state index < -0.39 is 5.97 Å². The third-order valence-electron chi connectivity index (χ3n) is 5.31. The van der Waals surface area contributed by atoms with Crippen molar-refractivity contribution >= 4 is 44.6 Å². The lowest BCUT2D eigenvalue weighted by atomic mass is 9.99. The van der Waals surface area contributed by atoms with Crippen LogP contribution in [-0.2, 0) is 11.3 Å². The van der Waals surface area contributed by atoms with Gasteiger partial charge in [0.25, 0.3) is 0 Å². The Bertz CT molecular complexity index is 1230. The fourth-order valence-electron chi connectivity index (χ4n) is 3.80. The largest absolute Gasteiger partial charge is 0.488 e. The van der Waals surface area contributed by atoms with Crippen LogP contribution in [0.15, 0.2) is 53.3 Å². The summed E-state index contributed by atoms with van der Waals surface area (Å²) in [6.45, 7) is 2.28. The molecule has 0 aliphatic heterocycles. The Kier molecular flexibility index (Phi) is 7.40. The fourth-order valence-corrected chi connectivity index (χ4v) is 4.43. The molecule has 1 aliphatic rings. The minimum Gasteiger partial charge on any atom is -0.488 e. The van der Waals surface area contributed by atoms with Gasteiger partial charge in [-0.1, -0.05) is 33.6 Å². The number of rotatable bonds is 7. The fraction of sp³-hybridized carbons (Fsp3) is 0.240. The Morgan fingerprint density at radius 1 is 1.15 bits per heavy atom. The van der Waals surface area contributed by atoms with Crippen molar-refractivity contribution in [2.75, 3.05) is 6.61 Å². The summed E-state index contributed by atoms with van der Waals surface area (Å²) in [5.74, 6) is -0.145. The number of hydrogen-bond donors (Lipinski definition) is 0. The maximum Gasteiger partial charge on any atom is 0.358 e. The van der Waals surface area contributed by atoms with Crippen LogP contribution >= 0.6 is 27.5 Å². The second-order valence-electron chi connectivity index (χ2n) is 7.49. The Morgan fingerprint density at radius 3 is 2.76 bits per heavy atom. The molecule has 0 atom stereocenters. The molecule has 0 saturated carbocycles. The normalized spacial score (nSPS) is 13.3. The van der Waals surface area contributed by atoms with E-state index in [4.69, 9.17) is 21.1 Å². The van der Waals surface area contributed by atoms with Crippen molar-refractivity contribution in [2.24, 2.45) is 0 Å². The molecule has 0 amide bonds. The molecule has 0 spiro atoms. The van der Waals surface area contributed by atoms with Gasteiger partial charge in [0.15, 0.2) is 5.69 Å². The molecule has 33 heavy (non-hydrogen) atoms. The molecule has 0 bridgehead atoms. The molecule has 0 N–H and O–H groups in total. The number of nitrogens with zero attached hydrogens (tertiary/aromatic N) is 2. The maximum atomic E-state index is 13.4. The van der Waals surface area contributed by atoms with E-state index in [0.717, 1.165) is 41.5 Å². The van der Waals surface area contributed by atoms with E-state index in [9.17, 15) is 9.18 Å². The summed E-state index contributed by atoms with van der Waals surface area (Å²) in [6.07, 6.45) is 5.62. The van der Waals surface area contributed by atoms with Crippen LogP contribution in [0.25, 0.3) is 11.1 Å². The smallest absolute Gasteiger partial charge is 0.358 e. The highest BCUT2D eigenvalue weighted by Gasteiger charge is 2.23. The van der Waals surface area contributed by atoms with Gasteiger partial charge in [0, 0.05) is 20.6 Å². The molecule has 5 nitrogen and oxygen atoms in total. The molecular weight excluding hydrogens is 511 g/mol. The molecule has 170 valence electrons. The third-order valence-corrected chi connectivity index (χ3v) is 6.28. The van der Waals surface area contributed by atoms with Crippen molar-refractivity contribution in [3.63, 3.8) is 0 Å². The molecule has 0 unspecified atom stereocenters. The van der Waals surface area contributed by atoms with Crippen molar-refractivity contribution in [1.29, 1.82) is 0 Å². The van der Waals surface area contributed by atoms with E-state index >= 15 is 0 Å². The number of esters is 1. The molecule has 3 aromatic rings. The molecular formula is C25H21BrClFN2O3. The maximum absolute atomic E-state index is 13.4. The van der Waals surface area contributed by atoms with Crippen LogP contribution in [0, 0.1) is 5.82 Å². The van der Waals surface area contributed by atoms with Gasteiger partial charge in [-0.15, -0.1) is 0 Å². The van der Waals surface area contributed by atoms with Gasteiger partial charge >= 0.3 is 5.97 Å². The number of benzene rings is 2. The Labute approximate surface area is 204 Å². The lowest BCUT2D eigenvalue weighted by molar-refractivity contribution is 0.0519. The zero-order valence-corrected chi connectivity index (χ0v) is 20.2. The predicted octanol–water partition coefficient (Wildman–Crippen LogP) is 6.88. The lowest BCUT2D eigenvalue weighted by Crippen LogP contribution is -2.09. The molecule has 1 aliphatic carbocycles. The van der Waals surface area contributed by atoms with Gasteiger partial charge in [0.05, 0.1) is 24.7 Å². The quantitative estimate of drug-likeness (QED) is 0.311. The molecule has 0 saturated heterocycles. The van der Waals surface area contributed by atoms with E-state index in [-0.39, 0.29) is 24.7 Å². The summed E-state index contributed by atoms with van der Waals surface area (Å²) >= 11 is 9.72. The van der Waals surface area contributed by atoms with Gasteiger partial charge in [-0.25, -0.2) is 14.2 Å². The average molecular weight is 532 g/mol. The molecule has 0 radical (unpaired) electrons. The van der Waals surface area contributed by atoms with E-state index in [0.29, 0.717) is 20.9 Å². The lowest BCUT2D eigenvalue weighted by Gasteiger charge is -2.15. The van der Waals surface area contributed by atoms with Crippen LogP contribution in [0.5, 0.6) is 5.75 Å². The molecule has 1 heterocycles. The highest BCUT2D eigenvalue weighted by Crippen LogP contribution is 2.43. The van der Waals surface area contributed by atoms with Gasteiger partial charge < -0.3 is 9.47 Å². The first-order valence-corrected chi connectivity index (χ1v) is 11.7. The number of carbonyl (C=O) groups excluding carboxylic acids is 1. The van der Waals surface area contributed by atoms with Crippen LogP contribution in [0.2, 0.25) is 5.02 Å². The topological polar surface area (TPSA) is 61.3 Å². The number of halogens is 3. The van der Waals surface area contributed by atoms with Crippen molar-refractivity contribution in [2.45, 2.75) is 32.8 Å². The minimum atomic E-state index is -0.497. The summed E-state index contributed by atoms with van der Waals surface area (Å²) in [5.41, 5.74) is 4.57. The zero-order chi connectivity index (χ0) is 23.4. The van der Waals surface area contributed by atoms with E-state index in [1.807, 2.05) is 12.1 Å².